The Labute approximate surface area is 134 Å². The van der Waals surface area contributed by atoms with Gasteiger partial charge in [-0.3, -0.25) is 0 Å². The number of aliphatic hydroxyl groups is 2. The van der Waals surface area contributed by atoms with E-state index in [9.17, 15) is 10.2 Å². The first kappa shape index (κ1) is 14.3. The van der Waals surface area contributed by atoms with Crippen molar-refractivity contribution in [1.29, 1.82) is 0 Å². The van der Waals surface area contributed by atoms with Crippen LogP contribution in [0.5, 0.6) is 0 Å². The highest BCUT2D eigenvalue weighted by atomic mass is 16.3. The van der Waals surface area contributed by atoms with Crippen molar-refractivity contribution in [2.24, 2.45) is 11.3 Å². The average molecular weight is 311 g/mol. The van der Waals surface area contributed by atoms with E-state index in [-0.39, 0.29) is 11.3 Å². The summed E-state index contributed by atoms with van der Waals surface area (Å²) in [6.45, 7) is 5.96. The molecule has 1 aromatic carbocycles. The normalized spacial score (nSPS) is 27.9. The number of aliphatic hydroxyl groups excluding tert-OH is 2. The summed E-state index contributed by atoms with van der Waals surface area (Å²) < 4.78 is 0. The zero-order valence-corrected chi connectivity index (χ0v) is 13.6. The number of nitrogens with one attached hydrogen (secondary N) is 1. The fourth-order valence-corrected chi connectivity index (χ4v) is 4.69. The monoisotopic (exact) mass is 311 g/mol. The van der Waals surface area contributed by atoms with Gasteiger partial charge in [-0.15, -0.1) is 0 Å². The van der Waals surface area contributed by atoms with Crippen LogP contribution in [0.3, 0.4) is 0 Å². The zero-order chi connectivity index (χ0) is 16.4. The molecule has 0 aliphatic heterocycles. The van der Waals surface area contributed by atoms with Crippen LogP contribution in [0.4, 0.5) is 0 Å². The summed E-state index contributed by atoms with van der Waals surface area (Å²) >= 11 is 0. The van der Waals surface area contributed by atoms with Gasteiger partial charge in [0.25, 0.3) is 0 Å². The van der Waals surface area contributed by atoms with E-state index in [1.165, 1.54) is 0 Å². The van der Waals surface area contributed by atoms with Gasteiger partial charge < -0.3 is 10.2 Å². The SMILES string of the molecule is CC.CC1=C(O)C2CCC3(C2)C1=c1ccc2n[nH]nc2c1=C3O. The Hall–Kier alpha value is -2.30. The molecule has 1 fully saturated rings. The summed E-state index contributed by atoms with van der Waals surface area (Å²) in [6, 6.07) is 3.91. The molecule has 1 heterocycles. The van der Waals surface area contributed by atoms with Gasteiger partial charge in [0.2, 0.25) is 0 Å². The lowest BCUT2D eigenvalue weighted by atomic mass is 9.71. The number of hydrogen-bond acceptors (Lipinski definition) is 4. The number of H-pyrrole nitrogens is 1. The number of aromatic nitrogens is 3. The number of benzene rings is 1. The smallest absolute Gasteiger partial charge is 0.124 e. The van der Waals surface area contributed by atoms with Gasteiger partial charge in [0.1, 0.15) is 16.8 Å². The van der Waals surface area contributed by atoms with Crippen molar-refractivity contribution >= 4 is 22.4 Å². The molecular formula is C18H21N3O2. The van der Waals surface area contributed by atoms with Crippen LogP contribution in [-0.2, 0) is 0 Å². The maximum absolute atomic E-state index is 11.0. The van der Waals surface area contributed by atoms with Gasteiger partial charge in [0.15, 0.2) is 0 Å². The Morgan fingerprint density at radius 2 is 2.00 bits per heavy atom. The standard InChI is InChI=1S/C16H15N3O2.C2H6/c1-7-12-9-2-3-10-13(18-19-17-10)11(9)15(21)16(12)5-4-8(6-16)14(7)20;1-2/h2-3,8,20-21H,4-6H2,1H3,(H,17,18,19);1-2H3. The molecule has 1 aromatic heterocycles. The highest BCUT2D eigenvalue weighted by molar-refractivity contribution is 5.89. The van der Waals surface area contributed by atoms with E-state index in [1.54, 1.807) is 0 Å². The summed E-state index contributed by atoms with van der Waals surface area (Å²) in [5, 5.41) is 34.2. The average Bonchev–Trinajstić information content (AvgIpc) is 3.25. The molecule has 3 aliphatic rings. The summed E-state index contributed by atoms with van der Waals surface area (Å²) in [5.74, 6) is 1.10. The molecule has 5 rings (SSSR count). The van der Waals surface area contributed by atoms with E-state index < -0.39 is 0 Å². The number of allylic oxidation sites excluding steroid dienone is 2. The number of rotatable bonds is 0. The van der Waals surface area contributed by atoms with Crippen molar-refractivity contribution in [2.75, 3.05) is 0 Å². The summed E-state index contributed by atoms with van der Waals surface area (Å²) in [4.78, 5) is 0. The number of fused-ring (bicyclic) bond motifs is 4. The third-order valence-corrected chi connectivity index (χ3v) is 5.59. The molecule has 23 heavy (non-hydrogen) atoms. The molecule has 0 amide bonds. The Morgan fingerprint density at radius 1 is 1.22 bits per heavy atom. The predicted molar refractivity (Wildman–Crippen MR) is 89.0 cm³/mol. The summed E-state index contributed by atoms with van der Waals surface area (Å²) in [5.41, 5.74) is 3.17. The third kappa shape index (κ3) is 1.52. The van der Waals surface area contributed by atoms with Crippen molar-refractivity contribution in [1.82, 2.24) is 15.4 Å². The van der Waals surface area contributed by atoms with E-state index >= 15 is 0 Å². The minimum atomic E-state index is -0.323. The van der Waals surface area contributed by atoms with Crippen LogP contribution in [0.25, 0.3) is 22.4 Å². The van der Waals surface area contributed by atoms with Gasteiger partial charge >= 0.3 is 0 Å². The summed E-state index contributed by atoms with van der Waals surface area (Å²) in [7, 11) is 0. The first-order valence-corrected chi connectivity index (χ1v) is 8.31. The van der Waals surface area contributed by atoms with Gasteiger partial charge in [-0.1, -0.05) is 19.9 Å². The fraction of sp³-hybridized carbons (Fsp3) is 0.444. The van der Waals surface area contributed by atoms with E-state index in [0.29, 0.717) is 11.5 Å². The van der Waals surface area contributed by atoms with Crippen molar-refractivity contribution in [2.45, 2.75) is 40.0 Å². The molecule has 2 atom stereocenters. The maximum Gasteiger partial charge on any atom is 0.124 e. The molecular weight excluding hydrogens is 290 g/mol. The Bertz CT molecular complexity index is 970. The molecule has 0 radical (unpaired) electrons. The second-order valence-corrected chi connectivity index (χ2v) is 6.44. The topological polar surface area (TPSA) is 82.0 Å². The molecule has 2 aromatic rings. The number of nitrogens with zero attached hydrogens (tertiary/aromatic N) is 2. The Kier molecular flexibility index (Phi) is 2.86. The third-order valence-electron chi connectivity index (χ3n) is 5.59. The lowest BCUT2D eigenvalue weighted by Gasteiger charge is -2.33. The van der Waals surface area contributed by atoms with Gasteiger partial charge in [-0.2, -0.15) is 15.4 Å². The Balaban J connectivity index is 0.000000652. The van der Waals surface area contributed by atoms with Gasteiger partial charge in [0, 0.05) is 5.92 Å². The van der Waals surface area contributed by atoms with Crippen LogP contribution in [-0.4, -0.2) is 25.6 Å². The van der Waals surface area contributed by atoms with Crippen molar-refractivity contribution < 1.29 is 10.2 Å². The minimum Gasteiger partial charge on any atom is -0.512 e. The van der Waals surface area contributed by atoms with Crippen LogP contribution in [0.2, 0.25) is 0 Å². The Morgan fingerprint density at radius 3 is 2.78 bits per heavy atom. The molecule has 1 spiro atoms. The predicted octanol–water partition coefficient (Wildman–Crippen LogP) is 2.45. The molecule has 3 N–H and O–H groups in total. The number of aromatic amines is 1. The lowest BCUT2D eigenvalue weighted by Crippen LogP contribution is -2.26. The van der Waals surface area contributed by atoms with E-state index in [0.717, 1.165) is 51.9 Å². The molecule has 120 valence electrons. The van der Waals surface area contributed by atoms with E-state index in [4.69, 9.17) is 0 Å². The first-order valence-electron chi connectivity index (χ1n) is 8.31. The summed E-state index contributed by atoms with van der Waals surface area (Å²) in [6.07, 6.45) is 2.60. The largest absolute Gasteiger partial charge is 0.512 e. The first-order chi connectivity index (χ1) is 11.1. The fourth-order valence-electron chi connectivity index (χ4n) is 4.69. The second kappa shape index (κ2) is 4.60. The van der Waals surface area contributed by atoms with Crippen LogP contribution in [0, 0.1) is 11.3 Å². The molecule has 5 heteroatoms. The zero-order valence-electron chi connectivity index (χ0n) is 13.6. The van der Waals surface area contributed by atoms with Crippen LogP contribution in [0.1, 0.15) is 40.0 Å². The highest BCUT2D eigenvalue weighted by Crippen LogP contribution is 2.60. The highest BCUT2D eigenvalue weighted by Gasteiger charge is 2.53. The van der Waals surface area contributed by atoms with Gasteiger partial charge in [-0.25, -0.2) is 0 Å². The van der Waals surface area contributed by atoms with Crippen molar-refractivity contribution in [3.8, 4) is 0 Å². The molecule has 5 nitrogen and oxygen atoms in total. The molecule has 0 saturated heterocycles. The van der Waals surface area contributed by atoms with E-state index in [1.807, 2.05) is 32.9 Å². The molecule has 2 unspecified atom stereocenters. The van der Waals surface area contributed by atoms with Gasteiger partial charge in [-0.05, 0) is 48.6 Å². The molecule has 3 aliphatic carbocycles. The second-order valence-electron chi connectivity index (χ2n) is 6.44. The van der Waals surface area contributed by atoms with Crippen LogP contribution >= 0.6 is 0 Å². The molecule has 1 saturated carbocycles. The van der Waals surface area contributed by atoms with Crippen LogP contribution in [0.15, 0.2) is 23.5 Å². The van der Waals surface area contributed by atoms with E-state index in [2.05, 4.69) is 15.4 Å². The lowest BCUT2D eigenvalue weighted by molar-refractivity contribution is 0.298. The quantitative estimate of drug-likeness (QED) is 0.698. The number of hydrogen-bond donors (Lipinski definition) is 3. The van der Waals surface area contributed by atoms with Crippen molar-refractivity contribution in [3.05, 3.63) is 33.9 Å². The van der Waals surface area contributed by atoms with Gasteiger partial charge in [0.05, 0.1) is 16.4 Å². The minimum absolute atomic E-state index is 0.179. The maximum atomic E-state index is 11.0. The molecule has 2 bridgehead atoms. The van der Waals surface area contributed by atoms with Crippen LogP contribution < -0.4 is 10.4 Å². The van der Waals surface area contributed by atoms with Crippen molar-refractivity contribution in [3.63, 3.8) is 0 Å².